The average Bonchev–Trinajstić information content (AvgIpc) is 2.93. The van der Waals surface area contributed by atoms with E-state index in [1.54, 1.807) is 19.1 Å². The van der Waals surface area contributed by atoms with Crippen LogP contribution in [0.2, 0.25) is 0 Å². The number of hydrogen-bond donors (Lipinski definition) is 1. The molecular formula is C20H21F3N4O2. The third-order valence-corrected chi connectivity index (χ3v) is 4.61. The molecule has 0 aliphatic carbocycles. The first-order chi connectivity index (χ1) is 13.6. The van der Waals surface area contributed by atoms with Gasteiger partial charge in [-0.15, -0.1) is 0 Å². The normalized spacial score (nSPS) is 11.8. The van der Waals surface area contributed by atoms with Crippen molar-refractivity contribution in [3.05, 3.63) is 63.2 Å². The molecule has 3 aromatic rings. The molecule has 6 nitrogen and oxygen atoms in total. The molecule has 0 atom stereocenters. The Labute approximate surface area is 164 Å². The van der Waals surface area contributed by atoms with Crippen molar-refractivity contribution in [1.82, 2.24) is 19.7 Å². The fourth-order valence-corrected chi connectivity index (χ4v) is 3.30. The highest BCUT2D eigenvalue weighted by atomic mass is 19.4. The Morgan fingerprint density at radius 1 is 1.14 bits per heavy atom. The number of benzene rings is 1. The molecule has 2 aromatic heterocycles. The van der Waals surface area contributed by atoms with Gasteiger partial charge in [0.1, 0.15) is 12.2 Å². The summed E-state index contributed by atoms with van der Waals surface area (Å²) in [5.41, 5.74) is 0.841. The molecule has 0 spiro atoms. The molecule has 0 fully saturated rings. The topological polar surface area (TPSA) is 68.9 Å². The first-order valence-electron chi connectivity index (χ1n) is 9.05. The van der Waals surface area contributed by atoms with E-state index in [0.717, 1.165) is 21.5 Å². The standard InChI is InChI=1S/C20H21F3N4O2/c1-12-4-5-16-15(8-12)17(28)10-18(20(21,22)23)26(16)7-6-24-19(29)11-27-14(3)9-13(2)25-27/h4-5,8-10H,6-7,11H2,1-3H3,(H,24,29). The molecule has 29 heavy (non-hydrogen) atoms. The monoisotopic (exact) mass is 406 g/mol. The number of alkyl halides is 3. The zero-order chi connectivity index (χ0) is 21.3. The summed E-state index contributed by atoms with van der Waals surface area (Å²) in [7, 11) is 0. The maximum Gasteiger partial charge on any atom is 0.431 e. The number of carbonyl (C=O) groups excluding carboxylic acids is 1. The van der Waals surface area contributed by atoms with Gasteiger partial charge >= 0.3 is 6.18 Å². The van der Waals surface area contributed by atoms with Gasteiger partial charge in [-0.25, -0.2) is 0 Å². The lowest BCUT2D eigenvalue weighted by atomic mass is 10.1. The first-order valence-corrected chi connectivity index (χ1v) is 9.05. The minimum absolute atomic E-state index is 0.0179. The van der Waals surface area contributed by atoms with Crippen LogP contribution in [0.3, 0.4) is 0 Å². The third-order valence-electron chi connectivity index (χ3n) is 4.61. The van der Waals surface area contributed by atoms with Crippen LogP contribution in [0, 0.1) is 20.8 Å². The predicted molar refractivity (Wildman–Crippen MR) is 103 cm³/mol. The van der Waals surface area contributed by atoms with Crippen LogP contribution in [0.1, 0.15) is 22.6 Å². The van der Waals surface area contributed by atoms with E-state index in [1.807, 2.05) is 19.9 Å². The van der Waals surface area contributed by atoms with Crippen molar-refractivity contribution in [2.75, 3.05) is 6.54 Å². The Morgan fingerprint density at radius 2 is 1.86 bits per heavy atom. The lowest BCUT2D eigenvalue weighted by Crippen LogP contribution is -2.32. The van der Waals surface area contributed by atoms with Gasteiger partial charge in [-0.2, -0.15) is 18.3 Å². The van der Waals surface area contributed by atoms with Crippen molar-refractivity contribution < 1.29 is 18.0 Å². The number of rotatable bonds is 5. The van der Waals surface area contributed by atoms with Crippen LogP contribution in [0.4, 0.5) is 13.2 Å². The van der Waals surface area contributed by atoms with Gasteiger partial charge in [0.15, 0.2) is 5.43 Å². The van der Waals surface area contributed by atoms with Gasteiger partial charge in [-0.1, -0.05) is 11.6 Å². The number of carbonyl (C=O) groups is 1. The molecule has 0 aliphatic heterocycles. The van der Waals surface area contributed by atoms with Crippen molar-refractivity contribution >= 4 is 16.8 Å². The zero-order valence-electron chi connectivity index (χ0n) is 16.3. The van der Waals surface area contributed by atoms with Crippen molar-refractivity contribution in [1.29, 1.82) is 0 Å². The van der Waals surface area contributed by atoms with E-state index in [0.29, 0.717) is 6.07 Å². The molecule has 0 unspecified atom stereocenters. The maximum absolute atomic E-state index is 13.5. The molecule has 3 rings (SSSR count). The number of aromatic nitrogens is 3. The van der Waals surface area contributed by atoms with Crippen molar-refractivity contribution in [2.45, 2.75) is 40.0 Å². The second-order valence-corrected chi connectivity index (χ2v) is 7.00. The van der Waals surface area contributed by atoms with E-state index in [4.69, 9.17) is 0 Å². The SMILES string of the molecule is Cc1ccc2c(c1)c(=O)cc(C(F)(F)F)n2CCNC(=O)Cn1nc(C)cc1C. The number of halogens is 3. The molecular weight excluding hydrogens is 385 g/mol. The highest BCUT2D eigenvalue weighted by Gasteiger charge is 2.35. The average molecular weight is 406 g/mol. The number of nitrogens with zero attached hydrogens (tertiary/aromatic N) is 3. The summed E-state index contributed by atoms with van der Waals surface area (Å²) in [6.45, 7) is 5.22. The van der Waals surface area contributed by atoms with E-state index < -0.39 is 17.3 Å². The highest BCUT2D eigenvalue weighted by Crippen LogP contribution is 2.30. The predicted octanol–water partition coefficient (Wildman–Crippen LogP) is 2.96. The number of nitrogens with one attached hydrogen (secondary N) is 1. The lowest BCUT2D eigenvalue weighted by Gasteiger charge is -2.19. The third kappa shape index (κ3) is 4.49. The summed E-state index contributed by atoms with van der Waals surface area (Å²) >= 11 is 0. The van der Waals surface area contributed by atoms with Gasteiger partial charge in [-0.05, 0) is 39.0 Å². The number of hydrogen-bond acceptors (Lipinski definition) is 3. The van der Waals surface area contributed by atoms with E-state index in [2.05, 4.69) is 10.4 Å². The summed E-state index contributed by atoms with van der Waals surface area (Å²) in [4.78, 5) is 24.3. The van der Waals surface area contributed by atoms with Gasteiger partial charge in [-0.3, -0.25) is 14.3 Å². The second kappa shape index (κ2) is 7.73. The molecule has 2 heterocycles. The minimum Gasteiger partial charge on any atom is -0.353 e. The Morgan fingerprint density at radius 3 is 2.48 bits per heavy atom. The van der Waals surface area contributed by atoms with Crippen LogP contribution in [-0.2, 0) is 24.1 Å². The Hall–Kier alpha value is -3.10. The molecule has 1 amide bonds. The highest BCUT2D eigenvalue weighted by molar-refractivity contribution is 5.80. The molecule has 0 saturated heterocycles. The van der Waals surface area contributed by atoms with E-state index in [9.17, 15) is 22.8 Å². The summed E-state index contributed by atoms with van der Waals surface area (Å²) in [6, 6.07) is 7.16. The Balaban J connectivity index is 1.83. The maximum atomic E-state index is 13.5. The molecule has 0 bridgehead atoms. The molecule has 0 radical (unpaired) electrons. The van der Waals surface area contributed by atoms with Gasteiger partial charge in [0.2, 0.25) is 5.91 Å². The molecule has 1 aromatic carbocycles. The Bertz CT molecular complexity index is 1130. The first kappa shape index (κ1) is 20.6. The van der Waals surface area contributed by atoms with E-state index in [-0.39, 0.29) is 36.4 Å². The fraction of sp³-hybridized carbons (Fsp3) is 0.350. The van der Waals surface area contributed by atoms with Crippen molar-refractivity contribution in [3.8, 4) is 0 Å². The molecule has 154 valence electrons. The zero-order valence-corrected chi connectivity index (χ0v) is 16.3. The second-order valence-electron chi connectivity index (χ2n) is 7.00. The lowest BCUT2D eigenvalue weighted by molar-refractivity contribution is -0.143. The van der Waals surface area contributed by atoms with Crippen LogP contribution in [0.15, 0.2) is 35.1 Å². The summed E-state index contributed by atoms with van der Waals surface area (Å²) in [5, 5.41) is 7.02. The van der Waals surface area contributed by atoms with Crippen LogP contribution in [0.25, 0.3) is 10.9 Å². The van der Waals surface area contributed by atoms with E-state index >= 15 is 0 Å². The minimum atomic E-state index is -4.69. The number of fused-ring (bicyclic) bond motifs is 1. The van der Waals surface area contributed by atoms with Crippen LogP contribution < -0.4 is 10.7 Å². The van der Waals surface area contributed by atoms with Crippen LogP contribution in [0.5, 0.6) is 0 Å². The number of aryl methyl sites for hydroxylation is 3. The smallest absolute Gasteiger partial charge is 0.353 e. The molecule has 0 saturated carbocycles. The van der Waals surface area contributed by atoms with Crippen molar-refractivity contribution in [2.24, 2.45) is 0 Å². The van der Waals surface area contributed by atoms with Gasteiger partial charge in [0, 0.05) is 30.2 Å². The molecule has 9 heteroatoms. The summed E-state index contributed by atoms with van der Waals surface area (Å²) < 4.78 is 43.0. The summed E-state index contributed by atoms with van der Waals surface area (Å²) in [6.07, 6.45) is -4.69. The largest absolute Gasteiger partial charge is 0.431 e. The quantitative estimate of drug-likeness (QED) is 0.708. The summed E-state index contributed by atoms with van der Waals surface area (Å²) in [5.74, 6) is -0.356. The molecule has 0 aliphatic rings. The van der Waals surface area contributed by atoms with Gasteiger partial charge < -0.3 is 9.88 Å². The van der Waals surface area contributed by atoms with Crippen LogP contribution >= 0.6 is 0 Å². The Kier molecular flexibility index (Phi) is 5.50. The number of pyridine rings is 1. The molecule has 1 N–H and O–H groups in total. The fourth-order valence-electron chi connectivity index (χ4n) is 3.30. The van der Waals surface area contributed by atoms with Gasteiger partial charge in [0.05, 0.1) is 11.2 Å². The van der Waals surface area contributed by atoms with Crippen LogP contribution in [-0.4, -0.2) is 26.8 Å². The van der Waals surface area contributed by atoms with Gasteiger partial charge in [0.25, 0.3) is 0 Å². The van der Waals surface area contributed by atoms with Crippen molar-refractivity contribution in [3.63, 3.8) is 0 Å². The van der Waals surface area contributed by atoms with E-state index in [1.165, 1.54) is 10.7 Å². The number of amides is 1.